The number of esters is 1. The number of carbonyl (C=O) groups is 2. The van der Waals surface area contributed by atoms with Gasteiger partial charge in [-0.1, -0.05) is 0 Å². The van der Waals surface area contributed by atoms with Crippen molar-refractivity contribution in [1.82, 2.24) is 4.90 Å². The Morgan fingerprint density at radius 1 is 1.22 bits per heavy atom. The third-order valence-corrected chi connectivity index (χ3v) is 4.39. The molecule has 0 unspecified atom stereocenters. The van der Waals surface area contributed by atoms with E-state index in [0.717, 1.165) is 25.7 Å². The van der Waals surface area contributed by atoms with Crippen molar-refractivity contribution >= 4 is 11.9 Å². The second-order valence-electron chi connectivity index (χ2n) is 5.44. The van der Waals surface area contributed by atoms with Crippen LogP contribution in [0.5, 0.6) is 0 Å². The summed E-state index contributed by atoms with van der Waals surface area (Å²) in [5.41, 5.74) is -0.480. The summed E-state index contributed by atoms with van der Waals surface area (Å²) in [5, 5.41) is 0. The van der Waals surface area contributed by atoms with Crippen LogP contribution in [-0.2, 0) is 19.1 Å². The first-order valence-corrected chi connectivity index (χ1v) is 6.80. The normalized spacial score (nSPS) is 30.8. The van der Waals surface area contributed by atoms with Crippen molar-refractivity contribution < 1.29 is 19.1 Å². The molecular formula is C13H19NO4. The lowest BCUT2D eigenvalue weighted by molar-refractivity contribution is -0.152. The zero-order chi connectivity index (χ0) is 12.6. The Hall–Kier alpha value is -1.10. The Bertz CT molecular complexity index is 356. The van der Waals surface area contributed by atoms with Gasteiger partial charge in [0, 0.05) is 13.1 Å². The number of morpholine rings is 1. The summed E-state index contributed by atoms with van der Waals surface area (Å²) in [4.78, 5) is 26.0. The monoisotopic (exact) mass is 253 g/mol. The van der Waals surface area contributed by atoms with Crippen molar-refractivity contribution in [3.63, 3.8) is 0 Å². The van der Waals surface area contributed by atoms with Crippen molar-refractivity contribution in [2.24, 2.45) is 5.92 Å². The Balaban J connectivity index is 1.76. The van der Waals surface area contributed by atoms with Crippen LogP contribution in [0.3, 0.4) is 0 Å². The average molecular weight is 253 g/mol. The highest BCUT2D eigenvalue weighted by molar-refractivity contribution is 5.88. The number of hydrogen-bond donors (Lipinski definition) is 0. The number of amides is 1. The van der Waals surface area contributed by atoms with Gasteiger partial charge in [-0.3, -0.25) is 9.59 Å². The largest absolute Gasteiger partial charge is 0.458 e. The van der Waals surface area contributed by atoms with E-state index in [9.17, 15) is 9.59 Å². The van der Waals surface area contributed by atoms with Crippen molar-refractivity contribution in [1.29, 1.82) is 0 Å². The van der Waals surface area contributed by atoms with E-state index >= 15 is 0 Å². The van der Waals surface area contributed by atoms with Crippen molar-refractivity contribution in [3.8, 4) is 0 Å². The summed E-state index contributed by atoms with van der Waals surface area (Å²) >= 11 is 0. The minimum atomic E-state index is -0.480. The zero-order valence-electron chi connectivity index (χ0n) is 10.5. The number of nitrogens with zero attached hydrogens (tertiary/aromatic N) is 1. The van der Waals surface area contributed by atoms with E-state index in [0.29, 0.717) is 26.3 Å². The van der Waals surface area contributed by atoms with Crippen LogP contribution in [0.2, 0.25) is 0 Å². The van der Waals surface area contributed by atoms with Gasteiger partial charge in [0.05, 0.1) is 25.6 Å². The molecule has 100 valence electrons. The molecule has 0 N–H and O–H groups in total. The van der Waals surface area contributed by atoms with Gasteiger partial charge in [0.15, 0.2) is 0 Å². The van der Waals surface area contributed by atoms with Gasteiger partial charge >= 0.3 is 5.97 Å². The first kappa shape index (κ1) is 12.0. The van der Waals surface area contributed by atoms with E-state index < -0.39 is 5.60 Å². The van der Waals surface area contributed by atoms with Gasteiger partial charge in [0.1, 0.15) is 5.60 Å². The van der Waals surface area contributed by atoms with Gasteiger partial charge in [-0.05, 0) is 25.7 Å². The van der Waals surface area contributed by atoms with Crippen LogP contribution in [0, 0.1) is 5.92 Å². The van der Waals surface area contributed by atoms with E-state index in [4.69, 9.17) is 9.47 Å². The van der Waals surface area contributed by atoms with Crippen LogP contribution in [-0.4, -0.2) is 48.7 Å². The van der Waals surface area contributed by atoms with E-state index in [2.05, 4.69) is 0 Å². The zero-order valence-corrected chi connectivity index (χ0v) is 10.5. The minimum Gasteiger partial charge on any atom is -0.458 e. The number of ether oxygens (including phenoxy) is 2. The molecule has 5 heteroatoms. The maximum Gasteiger partial charge on any atom is 0.307 e. The number of rotatable bonds is 1. The van der Waals surface area contributed by atoms with E-state index in [1.165, 1.54) is 0 Å². The van der Waals surface area contributed by atoms with Crippen LogP contribution in [0.1, 0.15) is 32.1 Å². The maximum atomic E-state index is 12.5. The highest BCUT2D eigenvalue weighted by Gasteiger charge is 2.54. The lowest BCUT2D eigenvalue weighted by Gasteiger charge is -2.34. The summed E-state index contributed by atoms with van der Waals surface area (Å²) in [6.07, 6.45) is 4.06. The molecule has 1 saturated carbocycles. The SMILES string of the molecule is O=C1C[C@H](C(=O)N2CCOCC2)C2(CCCC2)O1. The molecule has 2 aliphatic heterocycles. The standard InChI is InChI=1S/C13H19NO4/c15-11-9-10(13(18-11)3-1-2-4-13)12(16)14-5-7-17-8-6-14/h10H,1-9H2/t10-/m1/s1. The molecule has 0 bridgehead atoms. The van der Waals surface area contributed by atoms with Crippen molar-refractivity contribution in [3.05, 3.63) is 0 Å². The Morgan fingerprint density at radius 2 is 1.89 bits per heavy atom. The van der Waals surface area contributed by atoms with Gasteiger partial charge < -0.3 is 14.4 Å². The molecule has 1 aliphatic carbocycles. The molecule has 2 heterocycles. The molecule has 1 spiro atoms. The van der Waals surface area contributed by atoms with Gasteiger partial charge in [-0.15, -0.1) is 0 Å². The fraction of sp³-hybridized carbons (Fsp3) is 0.846. The summed E-state index contributed by atoms with van der Waals surface area (Å²) < 4.78 is 10.8. The smallest absolute Gasteiger partial charge is 0.307 e. The molecular weight excluding hydrogens is 234 g/mol. The van der Waals surface area contributed by atoms with Gasteiger partial charge in [0.2, 0.25) is 5.91 Å². The Labute approximate surface area is 106 Å². The van der Waals surface area contributed by atoms with Crippen LogP contribution in [0.4, 0.5) is 0 Å². The molecule has 1 amide bonds. The minimum absolute atomic E-state index is 0.0889. The summed E-state index contributed by atoms with van der Waals surface area (Å²) in [5.74, 6) is -0.375. The van der Waals surface area contributed by atoms with Gasteiger partial charge in [-0.25, -0.2) is 0 Å². The van der Waals surface area contributed by atoms with Crippen LogP contribution >= 0.6 is 0 Å². The average Bonchev–Trinajstić information content (AvgIpc) is 2.98. The molecule has 0 radical (unpaired) electrons. The Kier molecular flexibility index (Phi) is 3.01. The highest BCUT2D eigenvalue weighted by Crippen LogP contribution is 2.46. The molecule has 0 aromatic rings. The van der Waals surface area contributed by atoms with E-state index in [1.54, 1.807) is 0 Å². The molecule has 0 aromatic carbocycles. The van der Waals surface area contributed by atoms with Gasteiger partial charge in [-0.2, -0.15) is 0 Å². The lowest BCUT2D eigenvalue weighted by Crippen LogP contribution is -2.48. The summed E-state index contributed by atoms with van der Waals surface area (Å²) in [6.45, 7) is 2.47. The lowest BCUT2D eigenvalue weighted by atomic mass is 9.84. The van der Waals surface area contributed by atoms with E-state index in [-0.39, 0.29) is 24.2 Å². The number of hydrogen-bond acceptors (Lipinski definition) is 4. The first-order valence-electron chi connectivity index (χ1n) is 6.80. The molecule has 18 heavy (non-hydrogen) atoms. The van der Waals surface area contributed by atoms with Crippen LogP contribution in [0.15, 0.2) is 0 Å². The molecule has 2 saturated heterocycles. The van der Waals surface area contributed by atoms with Crippen molar-refractivity contribution in [2.45, 2.75) is 37.7 Å². The van der Waals surface area contributed by atoms with Crippen LogP contribution < -0.4 is 0 Å². The third-order valence-electron chi connectivity index (χ3n) is 4.39. The predicted molar refractivity (Wildman–Crippen MR) is 62.8 cm³/mol. The first-order chi connectivity index (χ1) is 8.71. The second-order valence-corrected chi connectivity index (χ2v) is 5.44. The quantitative estimate of drug-likeness (QED) is 0.646. The van der Waals surface area contributed by atoms with E-state index in [1.807, 2.05) is 4.90 Å². The molecule has 0 aromatic heterocycles. The molecule has 1 atom stereocenters. The molecule has 3 fully saturated rings. The summed E-state index contributed by atoms with van der Waals surface area (Å²) in [6, 6.07) is 0. The fourth-order valence-electron chi connectivity index (χ4n) is 3.43. The molecule has 3 rings (SSSR count). The fourth-order valence-corrected chi connectivity index (χ4v) is 3.43. The number of carbonyl (C=O) groups excluding carboxylic acids is 2. The second kappa shape index (κ2) is 4.53. The third kappa shape index (κ3) is 1.90. The maximum absolute atomic E-state index is 12.5. The predicted octanol–water partition coefficient (Wildman–Crippen LogP) is 0.721. The topological polar surface area (TPSA) is 55.8 Å². The molecule has 5 nitrogen and oxygen atoms in total. The van der Waals surface area contributed by atoms with Crippen molar-refractivity contribution in [2.75, 3.05) is 26.3 Å². The Morgan fingerprint density at radius 3 is 2.56 bits per heavy atom. The molecule has 3 aliphatic rings. The summed E-state index contributed by atoms with van der Waals surface area (Å²) in [7, 11) is 0. The van der Waals surface area contributed by atoms with Crippen LogP contribution in [0.25, 0.3) is 0 Å². The highest BCUT2D eigenvalue weighted by atomic mass is 16.6. The van der Waals surface area contributed by atoms with Gasteiger partial charge in [0.25, 0.3) is 0 Å².